The molecule has 2 aromatic carbocycles. The first-order chi connectivity index (χ1) is 14.0. The molecule has 1 amide bonds. The summed E-state index contributed by atoms with van der Waals surface area (Å²) in [5, 5.41) is 0. The predicted molar refractivity (Wildman–Crippen MR) is 107 cm³/mol. The Bertz CT molecular complexity index is 962. The van der Waals surface area contributed by atoms with Gasteiger partial charge in [0.25, 0.3) is 5.91 Å². The molecule has 0 fully saturated rings. The summed E-state index contributed by atoms with van der Waals surface area (Å²) in [7, 11) is 1.37. The molecule has 3 aromatic rings. The van der Waals surface area contributed by atoms with Crippen LogP contribution in [0.3, 0.4) is 0 Å². The topological polar surface area (TPSA) is 42.4 Å². The summed E-state index contributed by atoms with van der Waals surface area (Å²) in [5.41, 5.74) is 1.75. The molecule has 0 spiro atoms. The monoisotopic (exact) mass is 396 g/mol. The van der Waals surface area contributed by atoms with Crippen molar-refractivity contribution in [2.75, 3.05) is 13.7 Å². The van der Waals surface area contributed by atoms with Gasteiger partial charge in [-0.1, -0.05) is 25.1 Å². The van der Waals surface area contributed by atoms with Crippen molar-refractivity contribution >= 4 is 5.91 Å². The number of nitrogens with zero attached hydrogens (tertiary/aromatic N) is 2. The van der Waals surface area contributed by atoms with Gasteiger partial charge in [0.1, 0.15) is 5.82 Å². The van der Waals surface area contributed by atoms with Gasteiger partial charge in [0, 0.05) is 24.5 Å². The van der Waals surface area contributed by atoms with Gasteiger partial charge >= 0.3 is 0 Å². The fourth-order valence-electron chi connectivity index (χ4n) is 3.29. The van der Waals surface area contributed by atoms with Crippen LogP contribution < -0.4 is 4.74 Å². The van der Waals surface area contributed by atoms with E-state index in [1.807, 2.05) is 13.0 Å². The van der Waals surface area contributed by atoms with Gasteiger partial charge in [-0.05, 0) is 53.9 Å². The van der Waals surface area contributed by atoms with Gasteiger partial charge in [-0.15, -0.1) is 0 Å². The predicted octanol–water partition coefficient (Wildman–Crippen LogP) is 5.01. The van der Waals surface area contributed by atoms with Gasteiger partial charge in [-0.25, -0.2) is 8.78 Å². The second kappa shape index (κ2) is 9.28. The first-order valence-electron chi connectivity index (χ1n) is 9.35. The average Bonchev–Trinajstić information content (AvgIpc) is 2.75. The van der Waals surface area contributed by atoms with Crippen LogP contribution in [0.15, 0.2) is 67.0 Å². The Labute approximate surface area is 168 Å². The Morgan fingerprint density at radius 2 is 1.86 bits per heavy atom. The third kappa shape index (κ3) is 4.59. The molecular weight excluding hydrogens is 374 g/mol. The van der Waals surface area contributed by atoms with E-state index in [4.69, 9.17) is 4.74 Å². The van der Waals surface area contributed by atoms with E-state index in [9.17, 15) is 13.6 Å². The molecule has 0 radical (unpaired) electrons. The number of halogens is 2. The van der Waals surface area contributed by atoms with Gasteiger partial charge in [0.15, 0.2) is 11.6 Å². The smallest absolute Gasteiger partial charge is 0.254 e. The largest absolute Gasteiger partial charge is 0.494 e. The number of methoxy groups -OCH3 is 1. The molecule has 1 aromatic heterocycles. The summed E-state index contributed by atoms with van der Waals surface area (Å²) in [4.78, 5) is 19.2. The van der Waals surface area contributed by atoms with E-state index < -0.39 is 11.9 Å². The van der Waals surface area contributed by atoms with Crippen LogP contribution in [-0.4, -0.2) is 29.4 Å². The van der Waals surface area contributed by atoms with Crippen LogP contribution in [0.2, 0.25) is 0 Å². The fourth-order valence-corrected chi connectivity index (χ4v) is 3.29. The van der Waals surface area contributed by atoms with Gasteiger partial charge in [-0.2, -0.15) is 0 Å². The number of ether oxygens (including phenoxy) is 1. The molecule has 0 bridgehead atoms. The molecule has 29 heavy (non-hydrogen) atoms. The maximum absolute atomic E-state index is 14.2. The lowest BCUT2D eigenvalue weighted by atomic mass is 9.97. The summed E-state index contributed by atoms with van der Waals surface area (Å²) in [6, 6.07) is 13.3. The molecule has 6 heteroatoms. The summed E-state index contributed by atoms with van der Waals surface area (Å²) in [6.45, 7) is 2.39. The number of pyridine rings is 1. The minimum absolute atomic E-state index is 0.0749. The average molecular weight is 396 g/mol. The number of hydrogen-bond donors (Lipinski definition) is 0. The third-order valence-electron chi connectivity index (χ3n) is 4.62. The first-order valence-corrected chi connectivity index (χ1v) is 9.35. The quantitative estimate of drug-likeness (QED) is 0.564. The van der Waals surface area contributed by atoms with Crippen LogP contribution in [0.4, 0.5) is 8.78 Å². The number of carbonyl (C=O) groups is 1. The van der Waals surface area contributed by atoms with Crippen LogP contribution in [0.25, 0.3) is 0 Å². The van der Waals surface area contributed by atoms with Crippen molar-refractivity contribution in [2.45, 2.75) is 19.4 Å². The minimum atomic E-state index is -0.602. The Kier molecular flexibility index (Phi) is 6.54. The van der Waals surface area contributed by atoms with Gasteiger partial charge in [-0.3, -0.25) is 9.78 Å². The number of amides is 1. The van der Waals surface area contributed by atoms with E-state index in [-0.39, 0.29) is 23.0 Å². The summed E-state index contributed by atoms with van der Waals surface area (Å²) in [6.07, 6.45) is 4.02. The van der Waals surface area contributed by atoms with Crippen molar-refractivity contribution in [2.24, 2.45) is 0 Å². The Hall–Kier alpha value is -3.28. The van der Waals surface area contributed by atoms with Crippen molar-refractivity contribution in [3.05, 3.63) is 95.3 Å². The number of carbonyl (C=O) groups excluding carboxylic acids is 1. The summed E-state index contributed by atoms with van der Waals surface area (Å²) >= 11 is 0. The lowest BCUT2D eigenvalue weighted by molar-refractivity contribution is 0.0705. The highest BCUT2D eigenvalue weighted by atomic mass is 19.1. The zero-order chi connectivity index (χ0) is 20.8. The van der Waals surface area contributed by atoms with Gasteiger partial charge in [0.05, 0.1) is 13.2 Å². The van der Waals surface area contributed by atoms with Crippen molar-refractivity contribution < 1.29 is 18.3 Å². The lowest BCUT2D eigenvalue weighted by Gasteiger charge is -2.32. The van der Waals surface area contributed by atoms with E-state index >= 15 is 0 Å². The second-order valence-electron chi connectivity index (χ2n) is 6.59. The Balaban J connectivity index is 2.07. The fraction of sp³-hybridized carbons (Fsp3) is 0.217. The molecule has 0 aliphatic rings. The maximum Gasteiger partial charge on any atom is 0.254 e. The van der Waals surface area contributed by atoms with Crippen LogP contribution in [0.5, 0.6) is 5.75 Å². The Morgan fingerprint density at radius 1 is 1.10 bits per heavy atom. The molecule has 150 valence electrons. The first kappa shape index (κ1) is 20.5. The minimum Gasteiger partial charge on any atom is -0.494 e. The number of aromatic nitrogens is 1. The molecule has 1 atom stereocenters. The molecular formula is C23H22F2N2O2. The van der Waals surface area contributed by atoms with E-state index in [2.05, 4.69) is 4.98 Å². The van der Waals surface area contributed by atoms with E-state index in [0.717, 1.165) is 11.1 Å². The van der Waals surface area contributed by atoms with Gasteiger partial charge < -0.3 is 9.64 Å². The maximum atomic E-state index is 14.2. The molecule has 4 nitrogen and oxygen atoms in total. The number of rotatable bonds is 7. The number of hydrogen-bond acceptors (Lipinski definition) is 3. The van der Waals surface area contributed by atoms with Crippen LogP contribution >= 0.6 is 0 Å². The zero-order valence-corrected chi connectivity index (χ0v) is 16.3. The van der Waals surface area contributed by atoms with Crippen LogP contribution in [0.1, 0.15) is 40.9 Å². The lowest BCUT2D eigenvalue weighted by Crippen LogP contribution is -2.36. The normalized spacial score (nSPS) is 11.7. The molecule has 3 rings (SSSR count). The highest BCUT2D eigenvalue weighted by Gasteiger charge is 2.28. The van der Waals surface area contributed by atoms with Gasteiger partial charge in [0.2, 0.25) is 0 Å². The summed E-state index contributed by atoms with van der Waals surface area (Å²) < 4.78 is 32.6. The molecule has 0 N–H and O–H groups in total. The molecule has 1 unspecified atom stereocenters. The summed E-state index contributed by atoms with van der Waals surface area (Å²) in [5.74, 6) is -1.21. The SMILES string of the molecule is CCCN(C(=O)c1ccc(OC)c(F)c1)C(c1ccc(F)cc1)c1cccnc1. The second-order valence-corrected chi connectivity index (χ2v) is 6.59. The number of benzene rings is 2. The molecule has 1 heterocycles. The van der Waals surface area contributed by atoms with E-state index in [1.165, 1.54) is 37.4 Å². The van der Waals surface area contributed by atoms with E-state index in [0.29, 0.717) is 13.0 Å². The van der Waals surface area contributed by atoms with E-state index in [1.54, 1.807) is 35.5 Å². The van der Waals surface area contributed by atoms with Crippen LogP contribution in [0, 0.1) is 11.6 Å². The zero-order valence-electron chi connectivity index (χ0n) is 16.3. The third-order valence-corrected chi connectivity index (χ3v) is 4.62. The molecule has 0 saturated heterocycles. The van der Waals surface area contributed by atoms with Crippen molar-refractivity contribution in [1.82, 2.24) is 9.88 Å². The molecule has 0 aliphatic heterocycles. The molecule has 0 aliphatic carbocycles. The highest BCUT2D eigenvalue weighted by molar-refractivity contribution is 5.95. The standard InChI is InChI=1S/C23H22F2N2O2/c1-3-13-27(23(28)17-8-11-21(29-2)20(25)14-17)22(18-5-4-12-26-15-18)16-6-9-19(24)10-7-16/h4-12,14-15,22H,3,13H2,1-2H3. The van der Waals surface area contributed by atoms with Crippen molar-refractivity contribution in [1.29, 1.82) is 0 Å². The van der Waals surface area contributed by atoms with Crippen LogP contribution in [-0.2, 0) is 0 Å². The molecule has 0 saturated carbocycles. The van der Waals surface area contributed by atoms with Crippen molar-refractivity contribution in [3.8, 4) is 5.75 Å². The highest BCUT2D eigenvalue weighted by Crippen LogP contribution is 2.31. The van der Waals surface area contributed by atoms with Crippen molar-refractivity contribution in [3.63, 3.8) is 0 Å². The Morgan fingerprint density at radius 3 is 2.45 bits per heavy atom.